The van der Waals surface area contributed by atoms with E-state index in [-0.39, 0.29) is 34.5 Å². The maximum Gasteiger partial charge on any atom is 0.243 e. The van der Waals surface area contributed by atoms with Crippen molar-refractivity contribution in [3.05, 3.63) is 48.0 Å². The Morgan fingerprint density at radius 1 is 1.26 bits per heavy atom. The van der Waals surface area contributed by atoms with Crippen LogP contribution in [0.1, 0.15) is 24.3 Å². The molecule has 1 N–H and O–H groups in total. The molecule has 1 saturated carbocycles. The SMILES string of the molecule is CN(C)C(=O)[C@H]1C[C@@H](NS(=O)(=O)c2cnn(C)c2)C[C@@H]1c1ccc(F)cc1. The van der Waals surface area contributed by atoms with Gasteiger partial charge in [0.15, 0.2) is 0 Å². The van der Waals surface area contributed by atoms with Gasteiger partial charge in [-0.1, -0.05) is 12.1 Å². The van der Waals surface area contributed by atoms with E-state index in [0.29, 0.717) is 12.8 Å². The van der Waals surface area contributed by atoms with E-state index in [1.54, 1.807) is 33.3 Å². The third-order valence-electron chi connectivity index (χ3n) is 4.93. The Morgan fingerprint density at radius 2 is 1.93 bits per heavy atom. The molecule has 2 aromatic rings. The van der Waals surface area contributed by atoms with Gasteiger partial charge in [-0.05, 0) is 36.5 Å². The number of nitrogens with zero attached hydrogens (tertiary/aromatic N) is 3. The fourth-order valence-electron chi connectivity index (χ4n) is 3.64. The molecule has 1 heterocycles. The summed E-state index contributed by atoms with van der Waals surface area (Å²) in [6.45, 7) is 0. The van der Waals surface area contributed by atoms with Gasteiger partial charge in [0, 0.05) is 39.3 Å². The van der Waals surface area contributed by atoms with E-state index in [0.717, 1.165) is 5.56 Å². The van der Waals surface area contributed by atoms with Gasteiger partial charge < -0.3 is 4.90 Å². The molecule has 1 aliphatic carbocycles. The number of benzene rings is 1. The molecular weight excluding hydrogens is 371 g/mol. The van der Waals surface area contributed by atoms with Crippen LogP contribution in [0.3, 0.4) is 0 Å². The summed E-state index contributed by atoms with van der Waals surface area (Å²) in [6, 6.07) is 5.65. The first kappa shape index (κ1) is 19.5. The van der Waals surface area contributed by atoms with E-state index < -0.39 is 10.0 Å². The Balaban J connectivity index is 1.84. The molecule has 9 heteroatoms. The summed E-state index contributed by atoms with van der Waals surface area (Å²) in [7, 11) is 1.28. The molecule has 0 saturated heterocycles. The minimum absolute atomic E-state index is 0.0626. The molecule has 1 fully saturated rings. The largest absolute Gasteiger partial charge is 0.349 e. The zero-order valence-electron chi connectivity index (χ0n) is 15.5. The molecule has 1 aromatic heterocycles. The van der Waals surface area contributed by atoms with Crippen molar-refractivity contribution in [2.24, 2.45) is 13.0 Å². The third kappa shape index (κ3) is 4.19. The molecule has 27 heavy (non-hydrogen) atoms. The molecule has 3 atom stereocenters. The molecule has 0 aliphatic heterocycles. The number of aromatic nitrogens is 2. The summed E-state index contributed by atoms with van der Waals surface area (Å²) in [5, 5.41) is 3.90. The zero-order chi connectivity index (χ0) is 19.8. The standard InChI is InChI=1S/C18H23FN4O3S/c1-22(2)18(24)17-9-14(8-16(17)12-4-6-13(19)7-5-12)21-27(25,26)15-10-20-23(3)11-15/h4-7,10-11,14,16-17,21H,8-9H2,1-3H3/t14-,16+,17-/m0/s1. The van der Waals surface area contributed by atoms with Crippen molar-refractivity contribution in [1.29, 1.82) is 0 Å². The molecule has 1 amide bonds. The minimum atomic E-state index is -3.72. The molecule has 146 valence electrons. The van der Waals surface area contributed by atoms with Gasteiger partial charge in [0.1, 0.15) is 10.7 Å². The van der Waals surface area contributed by atoms with E-state index in [1.807, 2.05) is 0 Å². The van der Waals surface area contributed by atoms with Crippen LogP contribution in [0.5, 0.6) is 0 Å². The number of sulfonamides is 1. The first-order chi connectivity index (χ1) is 12.7. The Labute approximate surface area is 158 Å². The Hall–Kier alpha value is -2.26. The van der Waals surface area contributed by atoms with E-state index in [2.05, 4.69) is 9.82 Å². The summed E-state index contributed by atoms with van der Waals surface area (Å²) < 4.78 is 42.6. The quantitative estimate of drug-likeness (QED) is 0.833. The number of amides is 1. The van der Waals surface area contributed by atoms with E-state index in [9.17, 15) is 17.6 Å². The molecule has 0 radical (unpaired) electrons. The molecule has 0 bridgehead atoms. The Kier molecular flexibility index (Phi) is 5.34. The highest BCUT2D eigenvalue weighted by atomic mass is 32.2. The normalized spacial score (nSPS) is 22.7. The van der Waals surface area contributed by atoms with Gasteiger partial charge >= 0.3 is 0 Å². The minimum Gasteiger partial charge on any atom is -0.349 e. The molecule has 7 nitrogen and oxygen atoms in total. The van der Waals surface area contributed by atoms with Crippen LogP contribution in [-0.2, 0) is 21.9 Å². The van der Waals surface area contributed by atoms with Crippen molar-refractivity contribution in [2.75, 3.05) is 14.1 Å². The maximum absolute atomic E-state index is 13.3. The van der Waals surface area contributed by atoms with Crippen LogP contribution in [0.2, 0.25) is 0 Å². The molecule has 0 unspecified atom stereocenters. The predicted octanol–water partition coefficient (Wildman–Crippen LogP) is 1.49. The summed E-state index contributed by atoms with van der Waals surface area (Å²) in [6.07, 6.45) is 3.57. The summed E-state index contributed by atoms with van der Waals surface area (Å²) in [5.41, 5.74) is 0.833. The average molecular weight is 394 g/mol. The van der Waals surface area contributed by atoms with Gasteiger partial charge in [0.05, 0.1) is 6.20 Å². The third-order valence-corrected chi connectivity index (χ3v) is 6.41. The second-order valence-electron chi connectivity index (χ2n) is 7.14. The van der Waals surface area contributed by atoms with Crippen molar-refractivity contribution in [1.82, 2.24) is 19.4 Å². The van der Waals surface area contributed by atoms with Gasteiger partial charge in [0.25, 0.3) is 0 Å². The fourth-order valence-corrected chi connectivity index (χ4v) is 4.89. The first-order valence-electron chi connectivity index (χ1n) is 8.65. The number of carbonyl (C=O) groups is 1. The van der Waals surface area contributed by atoms with Gasteiger partial charge in [-0.2, -0.15) is 5.10 Å². The number of halogens is 1. The smallest absolute Gasteiger partial charge is 0.243 e. The van der Waals surface area contributed by atoms with Crippen LogP contribution < -0.4 is 4.72 Å². The van der Waals surface area contributed by atoms with Crippen LogP contribution >= 0.6 is 0 Å². The summed E-state index contributed by atoms with van der Waals surface area (Å²) in [4.78, 5) is 14.2. The molecule has 1 aliphatic rings. The first-order valence-corrected chi connectivity index (χ1v) is 10.1. The van der Waals surface area contributed by atoms with Gasteiger partial charge in [-0.15, -0.1) is 0 Å². The highest BCUT2D eigenvalue weighted by Gasteiger charge is 2.41. The van der Waals surface area contributed by atoms with Crippen molar-refractivity contribution < 1.29 is 17.6 Å². The topological polar surface area (TPSA) is 84.3 Å². The van der Waals surface area contributed by atoms with Crippen molar-refractivity contribution in [2.45, 2.75) is 29.7 Å². The van der Waals surface area contributed by atoms with Crippen LogP contribution in [0.4, 0.5) is 4.39 Å². The van der Waals surface area contributed by atoms with Gasteiger partial charge in [-0.25, -0.2) is 17.5 Å². The van der Waals surface area contributed by atoms with Crippen LogP contribution in [0, 0.1) is 11.7 Å². The lowest BCUT2D eigenvalue weighted by Gasteiger charge is -2.22. The predicted molar refractivity (Wildman–Crippen MR) is 97.9 cm³/mol. The van der Waals surface area contributed by atoms with Crippen LogP contribution in [0.25, 0.3) is 0 Å². The lowest BCUT2D eigenvalue weighted by molar-refractivity contribution is -0.133. The lowest BCUT2D eigenvalue weighted by Crippen LogP contribution is -2.34. The number of rotatable bonds is 5. The van der Waals surface area contributed by atoms with Gasteiger partial charge in [-0.3, -0.25) is 9.48 Å². The van der Waals surface area contributed by atoms with E-state index in [1.165, 1.54) is 34.1 Å². The highest BCUT2D eigenvalue weighted by Crippen LogP contribution is 2.41. The van der Waals surface area contributed by atoms with Crippen molar-refractivity contribution in [3.63, 3.8) is 0 Å². The fraction of sp³-hybridized carbons (Fsp3) is 0.444. The monoisotopic (exact) mass is 394 g/mol. The summed E-state index contributed by atoms with van der Waals surface area (Å²) >= 11 is 0. The van der Waals surface area contributed by atoms with Crippen molar-refractivity contribution >= 4 is 15.9 Å². The lowest BCUT2D eigenvalue weighted by atomic mass is 9.88. The number of carbonyl (C=O) groups excluding carboxylic acids is 1. The molecule has 3 rings (SSSR count). The highest BCUT2D eigenvalue weighted by molar-refractivity contribution is 7.89. The van der Waals surface area contributed by atoms with Crippen LogP contribution in [0.15, 0.2) is 41.6 Å². The molecule has 1 aromatic carbocycles. The Bertz CT molecular complexity index is 924. The number of nitrogens with one attached hydrogen (secondary N) is 1. The van der Waals surface area contributed by atoms with E-state index >= 15 is 0 Å². The number of hydrogen-bond donors (Lipinski definition) is 1. The number of aryl methyl sites for hydroxylation is 1. The second-order valence-corrected chi connectivity index (χ2v) is 8.85. The zero-order valence-corrected chi connectivity index (χ0v) is 16.3. The Morgan fingerprint density at radius 3 is 2.48 bits per heavy atom. The molecule has 0 spiro atoms. The number of hydrogen-bond acceptors (Lipinski definition) is 4. The van der Waals surface area contributed by atoms with E-state index in [4.69, 9.17) is 0 Å². The second kappa shape index (κ2) is 7.40. The average Bonchev–Trinajstić information content (AvgIpc) is 3.21. The van der Waals surface area contributed by atoms with Gasteiger partial charge in [0.2, 0.25) is 15.9 Å². The maximum atomic E-state index is 13.3. The summed E-state index contributed by atoms with van der Waals surface area (Å²) in [5.74, 6) is -0.956. The molecular formula is C18H23FN4O3S. The van der Waals surface area contributed by atoms with Crippen molar-refractivity contribution in [3.8, 4) is 0 Å². The van der Waals surface area contributed by atoms with Crippen LogP contribution in [-0.4, -0.2) is 49.1 Å².